The molecule has 0 aliphatic heterocycles. The van der Waals surface area contributed by atoms with E-state index in [0.29, 0.717) is 11.3 Å². The Morgan fingerprint density at radius 3 is 2.29 bits per heavy atom. The monoisotopic (exact) mass is 317 g/mol. The average Bonchev–Trinajstić information content (AvgIpc) is 2.43. The molecular formula is C13H19NO6S. The minimum atomic E-state index is -3.83. The van der Waals surface area contributed by atoms with Crippen molar-refractivity contribution in [2.75, 3.05) is 20.8 Å². The van der Waals surface area contributed by atoms with E-state index in [1.807, 2.05) is 0 Å². The van der Waals surface area contributed by atoms with Crippen molar-refractivity contribution >= 4 is 16.0 Å². The Labute approximate surface area is 123 Å². The summed E-state index contributed by atoms with van der Waals surface area (Å²) in [5.74, 6) is -1.18. The molecule has 1 unspecified atom stereocenters. The Kier molecular flexibility index (Phi) is 5.56. The third-order valence-corrected chi connectivity index (χ3v) is 4.54. The van der Waals surface area contributed by atoms with Crippen LogP contribution in [0.25, 0.3) is 0 Å². The Morgan fingerprint density at radius 1 is 1.29 bits per heavy atom. The van der Waals surface area contributed by atoms with Crippen LogP contribution in [0.5, 0.6) is 11.5 Å². The molecule has 0 saturated carbocycles. The van der Waals surface area contributed by atoms with Crippen LogP contribution in [0.3, 0.4) is 0 Å². The first-order chi connectivity index (χ1) is 9.72. The van der Waals surface area contributed by atoms with Gasteiger partial charge in [0, 0.05) is 12.6 Å². The zero-order valence-electron chi connectivity index (χ0n) is 12.3. The number of ether oxygens (including phenoxy) is 2. The van der Waals surface area contributed by atoms with Crippen LogP contribution in [0.4, 0.5) is 0 Å². The zero-order valence-corrected chi connectivity index (χ0v) is 13.2. The van der Waals surface area contributed by atoms with Crippen LogP contribution < -0.4 is 14.2 Å². The molecule has 0 aromatic heterocycles. The largest absolute Gasteiger partial charge is 0.493 e. The van der Waals surface area contributed by atoms with Gasteiger partial charge in [0.25, 0.3) is 0 Å². The third kappa shape index (κ3) is 4.08. The van der Waals surface area contributed by atoms with Crippen molar-refractivity contribution in [3.8, 4) is 11.5 Å². The van der Waals surface area contributed by atoms with Crippen LogP contribution in [0.1, 0.15) is 12.5 Å². The number of hydrogen-bond acceptors (Lipinski definition) is 5. The standard InChI is InChI=1S/C13H19NO6S/c1-8-5-10(19-3)11(20-4)6-12(8)21(17,18)14-7-9(2)13(15)16/h5-6,9,14H,7H2,1-4H3,(H,15,16). The van der Waals surface area contributed by atoms with Crippen molar-refractivity contribution in [2.24, 2.45) is 5.92 Å². The van der Waals surface area contributed by atoms with Crippen LogP contribution in [-0.2, 0) is 14.8 Å². The SMILES string of the molecule is COc1cc(C)c(S(=O)(=O)NCC(C)C(=O)O)cc1OC. The number of rotatable bonds is 7. The van der Waals surface area contributed by atoms with Gasteiger partial charge in [0.05, 0.1) is 25.0 Å². The van der Waals surface area contributed by atoms with Gasteiger partial charge in [0.1, 0.15) is 0 Å². The number of carbonyl (C=O) groups is 1. The minimum Gasteiger partial charge on any atom is -0.493 e. The van der Waals surface area contributed by atoms with E-state index in [4.69, 9.17) is 14.6 Å². The van der Waals surface area contributed by atoms with Gasteiger partial charge in [-0.3, -0.25) is 4.79 Å². The number of aryl methyl sites for hydroxylation is 1. The number of sulfonamides is 1. The van der Waals surface area contributed by atoms with Crippen molar-refractivity contribution in [2.45, 2.75) is 18.7 Å². The van der Waals surface area contributed by atoms with Gasteiger partial charge in [0.2, 0.25) is 10.0 Å². The number of methoxy groups -OCH3 is 2. The summed E-state index contributed by atoms with van der Waals surface area (Å²) in [4.78, 5) is 10.8. The van der Waals surface area contributed by atoms with Crippen molar-refractivity contribution in [1.29, 1.82) is 0 Å². The molecule has 2 N–H and O–H groups in total. The van der Waals surface area contributed by atoms with E-state index < -0.39 is 21.9 Å². The lowest BCUT2D eigenvalue weighted by Crippen LogP contribution is -2.31. The van der Waals surface area contributed by atoms with E-state index in [9.17, 15) is 13.2 Å². The molecule has 0 fully saturated rings. The van der Waals surface area contributed by atoms with Gasteiger partial charge in [-0.25, -0.2) is 13.1 Å². The summed E-state index contributed by atoms with van der Waals surface area (Å²) in [5.41, 5.74) is 0.475. The summed E-state index contributed by atoms with van der Waals surface area (Å²) in [6.07, 6.45) is 0. The van der Waals surface area contributed by atoms with Crippen LogP contribution in [-0.4, -0.2) is 40.3 Å². The van der Waals surface area contributed by atoms with Crippen LogP contribution in [0.15, 0.2) is 17.0 Å². The molecule has 21 heavy (non-hydrogen) atoms. The lowest BCUT2D eigenvalue weighted by atomic mass is 10.2. The van der Waals surface area contributed by atoms with Crippen LogP contribution in [0, 0.1) is 12.8 Å². The molecule has 0 aliphatic rings. The smallest absolute Gasteiger partial charge is 0.307 e. The summed E-state index contributed by atoms with van der Waals surface area (Å²) in [6, 6.07) is 2.90. The topological polar surface area (TPSA) is 102 Å². The van der Waals surface area contributed by atoms with E-state index in [2.05, 4.69) is 4.72 Å². The van der Waals surface area contributed by atoms with E-state index in [0.717, 1.165) is 0 Å². The molecular weight excluding hydrogens is 298 g/mol. The number of hydrogen-bond donors (Lipinski definition) is 2. The van der Waals surface area contributed by atoms with Crippen LogP contribution in [0.2, 0.25) is 0 Å². The van der Waals surface area contributed by atoms with E-state index in [1.165, 1.54) is 27.2 Å². The van der Waals surface area contributed by atoms with Crippen molar-refractivity contribution in [3.05, 3.63) is 17.7 Å². The predicted octanol–water partition coefficient (Wildman–Crippen LogP) is 1.01. The molecule has 7 nitrogen and oxygen atoms in total. The summed E-state index contributed by atoms with van der Waals surface area (Å²) < 4.78 is 37.0. The van der Waals surface area contributed by atoms with Crippen molar-refractivity contribution < 1.29 is 27.8 Å². The maximum atomic E-state index is 12.2. The lowest BCUT2D eigenvalue weighted by Gasteiger charge is -2.14. The van der Waals surface area contributed by atoms with Crippen LogP contribution >= 0.6 is 0 Å². The molecule has 0 heterocycles. The number of benzene rings is 1. The van der Waals surface area contributed by atoms with E-state index >= 15 is 0 Å². The molecule has 1 aromatic carbocycles. The highest BCUT2D eigenvalue weighted by Crippen LogP contribution is 2.32. The third-order valence-electron chi connectivity index (χ3n) is 2.97. The molecule has 0 aliphatic carbocycles. The molecule has 1 rings (SSSR count). The second-order valence-corrected chi connectivity index (χ2v) is 6.30. The summed E-state index contributed by atoms with van der Waals surface area (Å²) >= 11 is 0. The second-order valence-electron chi connectivity index (χ2n) is 4.56. The second kappa shape index (κ2) is 6.77. The maximum Gasteiger partial charge on any atom is 0.307 e. The van der Waals surface area contributed by atoms with E-state index in [-0.39, 0.29) is 17.2 Å². The zero-order chi connectivity index (χ0) is 16.2. The highest BCUT2D eigenvalue weighted by Gasteiger charge is 2.22. The summed E-state index contributed by atoms with van der Waals surface area (Å²) in [7, 11) is -0.963. The Hall–Kier alpha value is -1.80. The minimum absolute atomic E-state index is 0.0257. The van der Waals surface area contributed by atoms with Crippen molar-refractivity contribution in [1.82, 2.24) is 4.72 Å². The predicted molar refractivity (Wildman–Crippen MR) is 76.3 cm³/mol. The first kappa shape index (κ1) is 17.3. The Bertz CT molecular complexity index is 626. The van der Waals surface area contributed by atoms with Gasteiger partial charge in [-0.2, -0.15) is 0 Å². The summed E-state index contributed by atoms with van der Waals surface area (Å²) in [6.45, 7) is 2.86. The van der Waals surface area contributed by atoms with Gasteiger partial charge in [-0.15, -0.1) is 0 Å². The quantitative estimate of drug-likeness (QED) is 0.778. The fourth-order valence-electron chi connectivity index (χ4n) is 1.65. The number of carboxylic acids is 1. The first-order valence-electron chi connectivity index (χ1n) is 6.18. The first-order valence-corrected chi connectivity index (χ1v) is 7.66. The molecule has 118 valence electrons. The molecule has 1 atom stereocenters. The normalized spacial score (nSPS) is 12.8. The highest BCUT2D eigenvalue weighted by atomic mass is 32.2. The molecule has 0 saturated heterocycles. The molecule has 0 spiro atoms. The molecule has 0 radical (unpaired) electrons. The summed E-state index contributed by atoms with van der Waals surface area (Å²) in [5, 5.41) is 8.78. The van der Waals surface area contributed by atoms with Gasteiger partial charge in [-0.1, -0.05) is 6.92 Å². The Morgan fingerprint density at radius 2 is 1.81 bits per heavy atom. The van der Waals surface area contributed by atoms with Crippen molar-refractivity contribution in [3.63, 3.8) is 0 Å². The number of nitrogens with one attached hydrogen (secondary N) is 1. The Balaban J connectivity index is 3.11. The fraction of sp³-hybridized carbons (Fsp3) is 0.462. The van der Waals surface area contributed by atoms with Gasteiger partial charge < -0.3 is 14.6 Å². The highest BCUT2D eigenvalue weighted by molar-refractivity contribution is 7.89. The molecule has 0 amide bonds. The van der Waals surface area contributed by atoms with Gasteiger partial charge >= 0.3 is 5.97 Å². The molecule has 8 heteroatoms. The molecule has 1 aromatic rings. The van der Waals surface area contributed by atoms with E-state index in [1.54, 1.807) is 13.0 Å². The number of carboxylic acid groups (broad SMARTS) is 1. The molecule has 0 bridgehead atoms. The number of aliphatic carboxylic acids is 1. The van der Waals surface area contributed by atoms with Gasteiger partial charge in [-0.05, 0) is 18.6 Å². The fourth-order valence-corrected chi connectivity index (χ4v) is 3.02. The van der Waals surface area contributed by atoms with Gasteiger partial charge in [0.15, 0.2) is 11.5 Å². The lowest BCUT2D eigenvalue weighted by molar-refractivity contribution is -0.140. The average molecular weight is 317 g/mol. The maximum absolute atomic E-state index is 12.2.